The third-order valence-corrected chi connectivity index (χ3v) is 14.1. The molecule has 8 aromatic carbocycles. The molecule has 3 aromatic heterocycles. The lowest BCUT2D eigenvalue weighted by Crippen LogP contribution is -1.91. The Morgan fingerprint density at radius 2 is 0.755 bits per heavy atom. The number of fused-ring (bicyclic) bond motifs is 7. The third-order valence-electron chi connectivity index (χ3n) is 11.2. The van der Waals surface area contributed by atoms with Gasteiger partial charge in [0.2, 0.25) is 0 Å². The summed E-state index contributed by atoms with van der Waals surface area (Å²) in [6, 6.07) is 50.1. The molecule has 0 radical (unpaired) electrons. The summed E-state index contributed by atoms with van der Waals surface area (Å²) in [5.41, 5.74) is 13.2. The van der Waals surface area contributed by atoms with Crippen molar-refractivity contribution in [2.24, 2.45) is 0 Å². The Hall–Kier alpha value is -5.58. The summed E-state index contributed by atoms with van der Waals surface area (Å²) in [6.45, 7) is 4.47. The minimum Gasteiger partial charge on any atom is -0.151 e. The maximum Gasteiger partial charge on any atom is 0.0434 e. The lowest BCUT2D eigenvalue weighted by molar-refractivity contribution is 1.55. The molecule has 11 aromatic rings. The monoisotopic (exact) mass is 728 g/mol. The summed E-state index contributed by atoms with van der Waals surface area (Å²) >= 11 is 5.49. The van der Waals surface area contributed by atoms with Crippen LogP contribution in [0.15, 0.2) is 155 Å². The first-order valence-electron chi connectivity index (χ1n) is 18.0. The lowest BCUT2D eigenvalue weighted by atomic mass is 9.85. The van der Waals surface area contributed by atoms with Gasteiger partial charge >= 0.3 is 0 Å². The Kier molecular flexibility index (Phi) is 7.00. The molecule has 0 N–H and O–H groups in total. The topological polar surface area (TPSA) is 0 Å². The Balaban J connectivity index is 1.19. The van der Waals surface area contributed by atoms with Crippen LogP contribution in [0.1, 0.15) is 11.1 Å². The summed E-state index contributed by atoms with van der Waals surface area (Å²) in [4.78, 5) is 0. The van der Waals surface area contributed by atoms with Crippen LogP contribution in [0.5, 0.6) is 0 Å². The molecule has 0 fully saturated rings. The van der Waals surface area contributed by atoms with Crippen molar-refractivity contribution < 1.29 is 0 Å². The highest BCUT2D eigenvalue weighted by molar-refractivity contribution is 7.26. The van der Waals surface area contributed by atoms with Gasteiger partial charge in [0.1, 0.15) is 0 Å². The van der Waals surface area contributed by atoms with Crippen molar-refractivity contribution in [2.45, 2.75) is 13.8 Å². The first kappa shape index (κ1) is 31.0. The molecule has 0 bridgehead atoms. The molecule has 0 aliphatic rings. The molecule has 0 amide bonds. The Morgan fingerprint density at radius 3 is 1.19 bits per heavy atom. The summed E-state index contributed by atoms with van der Waals surface area (Å²) in [7, 11) is 0. The van der Waals surface area contributed by atoms with Crippen molar-refractivity contribution in [2.75, 3.05) is 0 Å². The molecule has 3 heteroatoms. The van der Waals surface area contributed by atoms with E-state index in [-0.39, 0.29) is 0 Å². The number of benzene rings is 8. The summed E-state index contributed by atoms with van der Waals surface area (Å²) in [5, 5.41) is 22.2. The fourth-order valence-corrected chi connectivity index (χ4v) is 11.7. The van der Waals surface area contributed by atoms with E-state index in [2.05, 4.69) is 169 Å². The zero-order valence-corrected chi connectivity index (χ0v) is 31.7. The molecule has 0 aliphatic carbocycles. The summed E-state index contributed by atoms with van der Waals surface area (Å²) in [5.74, 6) is 0. The fourth-order valence-electron chi connectivity index (χ4n) is 8.82. The van der Waals surface area contributed by atoms with Crippen LogP contribution in [0, 0.1) is 13.8 Å². The van der Waals surface area contributed by atoms with E-state index in [0.717, 1.165) is 0 Å². The van der Waals surface area contributed by atoms with E-state index in [1.165, 1.54) is 119 Å². The van der Waals surface area contributed by atoms with E-state index >= 15 is 0 Å². The third kappa shape index (κ3) is 4.58. The first-order valence-corrected chi connectivity index (χ1v) is 20.7. The van der Waals surface area contributed by atoms with Gasteiger partial charge in [-0.2, -0.15) is 22.7 Å². The van der Waals surface area contributed by atoms with Gasteiger partial charge in [0.05, 0.1) is 0 Å². The SMILES string of the molecule is Cc1cscc1-c1c2ccccc2c(-c2ccc3sc4c(-c5c6ccccc6c(-c6cscc6C)c6ccccc56)cccc4c3c2)c2ccccc12. The van der Waals surface area contributed by atoms with Crippen molar-refractivity contribution in [3.05, 3.63) is 166 Å². The van der Waals surface area contributed by atoms with Crippen LogP contribution in [-0.4, -0.2) is 0 Å². The quantitative estimate of drug-likeness (QED) is 0.158. The molecule has 0 unspecified atom stereocenters. The highest BCUT2D eigenvalue weighted by Crippen LogP contribution is 2.50. The van der Waals surface area contributed by atoms with E-state index < -0.39 is 0 Å². The van der Waals surface area contributed by atoms with E-state index in [1.54, 1.807) is 22.7 Å². The lowest BCUT2D eigenvalue weighted by Gasteiger charge is -2.18. The van der Waals surface area contributed by atoms with Crippen molar-refractivity contribution >= 4 is 97.3 Å². The molecule has 11 rings (SSSR count). The summed E-state index contributed by atoms with van der Waals surface area (Å²) < 4.78 is 2.65. The molecule has 0 saturated heterocycles. The largest absolute Gasteiger partial charge is 0.151 e. The number of hydrogen-bond acceptors (Lipinski definition) is 3. The molecule has 0 spiro atoms. The van der Waals surface area contributed by atoms with Crippen molar-refractivity contribution in [1.82, 2.24) is 0 Å². The van der Waals surface area contributed by atoms with Gasteiger partial charge in [0.15, 0.2) is 0 Å². The average molecular weight is 729 g/mol. The average Bonchev–Trinajstić information content (AvgIpc) is 3.93. The standard InChI is InChI=1S/C50H32S3/c1-29-25-51-27-43(29)48-34-14-5-3-12-32(34)46(33-13-4-6-15-35(33)48)31-22-23-45-42(24-31)40-20-11-21-41(50(40)53-45)47-36-16-7-9-18-38(36)49(44-28-52-26-30(44)2)39-19-10-8-17-37(39)47/h3-28H,1-2H3. The van der Waals surface area contributed by atoms with Crippen LogP contribution >= 0.6 is 34.0 Å². The van der Waals surface area contributed by atoms with E-state index in [1.807, 2.05) is 11.3 Å². The zero-order valence-electron chi connectivity index (χ0n) is 29.2. The highest BCUT2D eigenvalue weighted by Gasteiger charge is 2.22. The molecule has 3 heterocycles. The van der Waals surface area contributed by atoms with Crippen LogP contribution in [-0.2, 0) is 0 Å². The Morgan fingerprint density at radius 1 is 0.340 bits per heavy atom. The minimum atomic E-state index is 1.26. The summed E-state index contributed by atoms with van der Waals surface area (Å²) in [6.07, 6.45) is 0. The predicted octanol–water partition coefficient (Wildman–Crippen LogP) is 16.1. The van der Waals surface area contributed by atoms with Gasteiger partial charge in [-0.25, -0.2) is 0 Å². The van der Waals surface area contributed by atoms with Gasteiger partial charge in [-0.15, -0.1) is 11.3 Å². The molecular formula is C50H32S3. The Labute approximate surface area is 319 Å². The Bertz CT molecular complexity index is 3140. The normalized spacial score (nSPS) is 12.0. The second kappa shape index (κ2) is 12.0. The van der Waals surface area contributed by atoms with Crippen LogP contribution in [0.3, 0.4) is 0 Å². The molecule has 0 aliphatic heterocycles. The van der Waals surface area contributed by atoms with Crippen LogP contribution in [0.4, 0.5) is 0 Å². The second-order valence-corrected chi connectivity index (χ2v) is 16.7. The number of aryl methyl sites for hydroxylation is 2. The predicted molar refractivity (Wildman–Crippen MR) is 236 cm³/mol. The van der Waals surface area contributed by atoms with Gasteiger partial charge in [0.25, 0.3) is 0 Å². The van der Waals surface area contributed by atoms with Gasteiger partial charge in [-0.3, -0.25) is 0 Å². The van der Waals surface area contributed by atoms with Crippen LogP contribution < -0.4 is 0 Å². The van der Waals surface area contributed by atoms with Crippen molar-refractivity contribution in [3.8, 4) is 44.5 Å². The van der Waals surface area contributed by atoms with Crippen molar-refractivity contribution in [1.29, 1.82) is 0 Å². The van der Waals surface area contributed by atoms with Crippen LogP contribution in [0.2, 0.25) is 0 Å². The van der Waals surface area contributed by atoms with Gasteiger partial charge in [-0.1, -0.05) is 121 Å². The molecule has 0 atom stereocenters. The van der Waals surface area contributed by atoms with Gasteiger partial charge in [-0.05, 0) is 141 Å². The maximum absolute atomic E-state index is 2.46. The minimum absolute atomic E-state index is 1.26. The van der Waals surface area contributed by atoms with Gasteiger partial charge in [0, 0.05) is 25.7 Å². The molecule has 0 saturated carbocycles. The molecular weight excluding hydrogens is 697 g/mol. The van der Waals surface area contributed by atoms with E-state index in [4.69, 9.17) is 0 Å². The number of rotatable bonds is 4. The van der Waals surface area contributed by atoms with E-state index in [0.29, 0.717) is 0 Å². The number of hydrogen-bond donors (Lipinski definition) is 0. The smallest absolute Gasteiger partial charge is 0.0434 e. The second-order valence-electron chi connectivity index (χ2n) is 14.1. The number of thiophene rings is 3. The van der Waals surface area contributed by atoms with Crippen LogP contribution in [0.25, 0.3) is 108 Å². The van der Waals surface area contributed by atoms with E-state index in [9.17, 15) is 0 Å². The maximum atomic E-state index is 2.46. The molecule has 0 nitrogen and oxygen atoms in total. The molecule has 250 valence electrons. The van der Waals surface area contributed by atoms with Gasteiger partial charge < -0.3 is 0 Å². The van der Waals surface area contributed by atoms with Crippen molar-refractivity contribution in [3.63, 3.8) is 0 Å². The highest BCUT2D eigenvalue weighted by atomic mass is 32.1. The fraction of sp³-hybridized carbons (Fsp3) is 0.0400. The first-order chi connectivity index (χ1) is 26.2. The zero-order chi connectivity index (χ0) is 35.2. The molecule has 53 heavy (non-hydrogen) atoms.